The highest BCUT2D eigenvalue weighted by atomic mass is 32.2. The Hall–Kier alpha value is -1.11. The van der Waals surface area contributed by atoms with Gasteiger partial charge >= 0.3 is 0 Å². The third-order valence-electron chi connectivity index (χ3n) is 3.23. The number of sulfonamides is 1. The summed E-state index contributed by atoms with van der Waals surface area (Å²) in [7, 11) is -2.05. The van der Waals surface area contributed by atoms with Gasteiger partial charge in [0.15, 0.2) is 0 Å². The van der Waals surface area contributed by atoms with Crippen molar-refractivity contribution in [3.8, 4) is 0 Å². The molecule has 20 heavy (non-hydrogen) atoms. The number of anilines is 1. The number of hydrogen-bond acceptors (Lipinski definition) is 4. The van der Waals surface area contributed by atoms with Crippen LogP contribution < -0.4 is 5.73 Å². The molecule has 1 rings (SSSR count). The van der Waals surface area contributed by atoms with Crippen molar-refractivity contribution in [1.82, 2.24) is 4.31 Å². The van der Waals surface area contributed by atoms with Crippen molar-refractivity contribution in [2.75, 3.05) is 25.9 Å². The zero-order chi connectivity index (χ0) is 15.5. The molecule has 1 aromatic rings. The molecule has 114 valence electrons. The van der Waals surface area contributed by atoms with Gasteiger partial charge in [-0.2, -0.15) is 4.31 Å². The van der Waals surface area contributed by atoms with Crippen molar-refractivity contribution >= 4 is 15.7 Å². The third kappa shape index (κ3) is 3.71. The van der Waals surface area contributed by atoms with E-state index < -0.39 is 10.0 Å². The molecule has 6 heteroatoms. The molecule has 0 fully saturated rings. The van der Waals surface area contributed by atoms with Gasteiger partial charge < -0.3 is 10.5 Å². The molecule has 0 heterocycles. The van der Waals surface area contributed by atoms with Crippen LogP contribution in [0.5, 0.6) is 0 Å². The molecule has 0 bridgehead atoms. The van der Waals surface area contributed by atoms with Crippen LogP contribution in [0.3, 0.4) is 0 Å². The van der Waals surface area contributed by atoms with E-state index in [2.05, 4.69) is 0 Å². The summed E-state index contributed by atoms with van der Waals surface area (Å²) in [6.45, 7) is 8.13. The molecule has 0 aliphatic rings. The Morgan fingerprint density at radius 1 is 1.30 bits per heavy atom. The molecule has 0 amide bonds. The van der Waals surface area contributed by atoms with Gasteiger partial charge in [-0.25, -0.2) is 8.42 Å². The monoisotopic (exact) mass is 300 g/mol. The van der Waals surface area contributed by atoms with E-state index in [4.69, 9.17) is 10.5 Å². The Morgan fingerprint density at radius 2 is 1.90 bits per heavy atom. The van der Waals surface area contributed by atoms with E-state index in [0.717, 1.165) is 5.56 Å². The lowest BCUT2D eigenvalue weighted by Crippen LogP contribution is -2.32. The fourth-order valence-electron chi connectivity index (χ4n) is 1.85. The number of nitrogens with zero attached hydrogens (tertiary/aromatic N) is 1. The summed E-state index contributed by atoms with van der Waals surface area (Å²) >= 11 is 0. The average molecular weight is 300 g/mol. The Balaban J connectivity index is 3.02. The zero-order valence-corrected chi connectivity index (χ0v) is 13.6. The molecule has 0 spiro atoms. The molecular formula is C14H24N2O3S. The highest BCUT2D eigenvalue weighted by Crippen LogP contribution is 2.27. The van der Waals surface area contributed by atoms with Crippen LogP contribution in [-0.4, -0.2) is 39.0 Å². The second-order valence-electron chi connectivity index (χ2n) is 5.17. The maximum Gasteiger partial charge on any atom is 0.245 e. The van der Waals surface area contributed by atoms with Crippen molar-refractivity contribution in [3.63, 3.8) is 0 Å². The number of nitrogen functional groups attached to an aromatic ring is 1. The standard InChI is InChI=1S/C14H24N2O3S/c1-10(2)19-9-8-16(5)20(17,18)14-12(4)11(3)6-7-13(14)15/h6-7,10H,8-9,15H2,1-5H3. The first-order chi connectivity index (χ1) is 9.17. The maximum absolute atomic E-state index is 12.6. The number of aryl methyl sites for hydroxylation is 1. The summed E-state index contributed by atoms with van der Waals surface area (Å²) < 4.78 is 31.9. The van der Waals surface area contributed by atoms with Crippen LogP contribution >= 0.6 is 0 Å². The molecule has 5 nitrogen and oxygen atoms in total. The first kappa shape index (κ1) is 16.9. The lowest BCUT2D eigenvalue weighted by Gasteiger charge is -2.21. The average Bonchev–Trinajstić information content (AvgIpc) is 2.33. The van der Waals surface area contributed by atoms with Crippen molar-refractivity contribution in [2.24, 2.45) is 0 Å². The molecule has 0 atom stereocenters. The summed E-state index contributed by atoms with van der Waals surface area (Å²) in [6, 6.07) is 3.46. The Kier molecular flexibility index (Phi) is 5.56. The smallest absolute Gasteiger partial charge is 0.245 e. The second-order valence-corrected chi connectivity index (χ2v) is 7.15. The van der Waals surface area contributed by atoms with Gasteiger partial charge in [0.05, 0.1) is 18.4 Å². The predicted octanol–water partition coefficient (Wildman–Crippen LogP) is 1.93. The molecule has 0 saturated carbocycles. The highest BCUT2D eigenvalue weighted by molar-refractivity contribution is 7.89. The quantitative estimate of drug-likeness (QED) is 0.815. The highest BCUT2D eigenvalue weighted by Gasteiger charge is 2.25. The topological polar surface area (TPSA) is 72.6 Å². The fourth-order valence-corrected chi connectivity index (χ4v) is 3.39. The van der Waals surface area contributed by atoms with E-state index in [9.17, 15) is 8.42 Å². The van der Waals surface area contributed by atoms with E-state index >= 15 is 0 Å². The number of likely N-dealkylation sites (N-methyl/N-ethyl adjacent to an activating group) is 1. The normalized spacial score (nSPS) is 12.3. The lowest BCUT2D eigenvalue weighted by atomic mass is 10.1. The number of ether oxygens (including phenoxy) is 1. The van der Waals surface area contributed by atoms with Gasteiger partial charge in [-0.1, -0.05) is 6.07 Å². The van der Waals surface area contributed by atoms with Crippen LogP contribution in [0.15, 0.2) is 17.0 Å². The molecular weight excluding hydrogens is 276 g/mol. The van der Waals surface area contributed by atoms with Crippen LogP contribution in [0.4, 0.5) is 5.69 Å². The van der Waals surface area contributed by atoms with Crippen LogP contribution in [0.1, 0.15) is 25.0 Å². The van der Waals surface area contributed by atoms with E-state index in [-0.39, 0.29) is 16.7 Å². The van der Waals surface area contributed by atoms with E-state index in [1.165, 1.54) is 4.31 Å². The summed E-state index contributed by atoms with van der Waals surface area (Å²) in [5.74, 6) is 0. The first-order valence-corrected chi connectivity index (χ1v) is 8.05. The van der Waals surface area contributed by atoms with E-state index in [1.807, 2.05) is 26.8 Å². The molecule has 0 aliphatic carbocycles. The lowest BCUT2D eigenvalue weighted by molar-refractivity contribution is 0.0737. The molecule has 0 saturated heterocycles. The van der Waals surface area contributed by atoms with E-state index in [0.29, 0.717) is 18.7 Å². The van der Waals surface area contributed by atoms with Gasteiger partial charge in [-0.3, -0.25) is 0 Å². The summed E-state index contributed by atoms with van der Waals surface area (Å²) in [6.07, 6.45) is 0.0804. The van der Waals surface area contributed by atoms with Gasteiger partial charge in [0.1, 0.15) is 4.90 Å². The van der Waals surface area contributed by atoms with Crippen LogP contribution in [-0.2, 0) is 14.8 Å². The zero-order valence-electron chi connectivity index (χ0n) is 12.8. The van der Waals surface area contributed by atoms with Crippen molar-refractivity contribution in [2.45, 2.75) is 38.7 Å². The Morgan fingerprint density at radius 3 is 2.45 bits per heavy atom. The minimum Gasteiger partial charge on any atom is -0.398 e. The summed E-state index contributed by atoms with van der Waals surface area (Å²) in [5, 5.41) is 0. The van der Waals surface area contributed by atoms with Crippen molar-refractivity contribution in [3.05, 3.63) is 23.3 Å². The number of hydrogen-bond donors (Lipinski definition) is 1. The summed E-state index contributed by atoms with van der Waals surface area (Å²) in [4.78, 5) is 0.199. The number of nitrogens with two attached hydrogens (primary N) is 1. The molecule has 2 N–H and O–H groups in total. The van der Waals surface area contributed by atoms with Gasteiger partial charge in [0, 0.05) is 13.6 Å². The van der Waals surface area contributed by atoms with Crippen molar-refractivity contribution < 1.29 is 13.2 Å². The summed E-state index contributed by atoms with van der Waals surface area (Å²) in [5.41, 5.74) is 7.74. The Bertz CT molecular complexity index is 568. The van der Waals surface area contributed by atoms with Gasteiger partial charge in [0.2, 0.25) is 10.0 Å². The second kappa shape index (κ2) is 6.56. The van der Waals surface area contributed by atoms with Crippen LogP contribution in [0.25, 0.3) is 0 Å². The minimum atomic E-state index is -3.59. The predicted molar refractivity (Wildman–Crippen MR) is 81.2 cm³/mol. The molecule has 0 aliphatic heterocycles. The largest absolute Gasteiger partial charge is 0.398 e. The Labute approximate surface area is 121 Å². The molecule has 0 aromatic heterocycles. The van der Waals surface area contributed by atoms with E-state index in [1.54, 1.807) is 20.0 Å². The minimum absolute atomic E-state index is 0.0804. The van der Waals surface area contributed by atoms with Gasteiger partial charge in [0.25, 0.3) is 0 Å². The fraction of sp³-hybridized carbons (Fsp3) is 0.571. The SMILES string of the molecule is Cc1ccc(N)c(S(=O)(=O)N(C)CCOC(C)C)c1C. The molecule has 0 radical (unpaired) electrons. The van der Waals surface area contributed by atoms with Gasteiger partial charge in [-0.15, -0.1) is 0 Å². The first-order valence-electron chi connectivity index (χ1n) is 6.61. The van der Waals surface area contributed by atoms with Gasteiger partial charge in [-0.05, 0) is 44.9 Å². The number of benzene rings is 1. The molecule has 1 aromatic carbocycles. The number of rotatable bonds is 6. The van der Waals surface area contributed by atoms with Crippen LogP contribution in [0, 0.1) is 13.8 Å². The maximum atomic E-state index is 12.6. The molecule has 0 unspecified atom stereocenters. The van der Waals surface area contributed by atoms with Crippen LogP contribution in [0.2, 0.25) is 0 Å². The van der Waals surface area contributed by atoms with Crippen molar-refractivity contribution in [1.29, 1.82) is 0 Å². The third-order valence-corrected chi connectivity index (χ3v) is 5.29.